The summed E-state index contributed by atoms with van der Waals surface area (Å²) in [5.74, 6) is -0.273. The molecule has 5 heteroatoms. The van der Waals surface area contributed by atoms with Crippen molar-refractivity contribution in [1.82, 2.24) is 4.57 Å². The smallest absolute Gasteiger partial charge is 0.254 e. The average molecular weight is 327 g/mol. The van der Waals surface area contributed by atoms with E-state index in [2.05, 4.69) is 5.32 Å². The van der Waals surface area contributed by atoms with Gasteiger partial charge in [-0.15, -0.1) is 0 Å². The van der Waals surface area contributed by atoms with Gasteiger partial charge in [-0.1, -0.05) is 35.9 Å². The molecule has 23 heavy (non-hydrogen) atoms. The molecule has 1 heterocycles. The van der Waals surface area contributed by atoms with Crippen LogP contribution >= 0.6 is 11.6 Å². The van der Waals surface area contributed by atoms with Crippen molar-refractivity contribution in [3.8, 4) is 0 Å². The van der Waals surface area contributed by atoms with Gasteiger partial charge in [-0.25, -0.2) is 0 Å². The predicted molar refractivity (Wildman–Crippen MR) is 93.0 cm³/mol. The first-order valence-corrected chi connectivity index (χ1v) is 7.57. The number of aryl methyl sites for hydroxylation is 1. The lowest BCUT2D eigenvalue weighted by Gasteiger charge is -2.12. The van der Waals surface area contributed by atoms with E-state index < -0.39 is 0 Å². The fourth-order valence-corrected chi connectivity index (χ4v) is 2.73. The van der Waals surface area contributed by atoms with Crippen molar-refractivity contribution >= 4 is 34.1 Å². The van der Waals surface area contributed by atoms with E-state index >= 15 is 0 Å². The van der Waals surface area contributed by atoms with Gasteiger partial charge >= 0.3 is 0 Å². The standard InChI is InChI=1S/C18H15ClN2O2/c1-12-9-13-5-2-3-8-16(13)21(18(12)23)11-17(22)20-15-7-4-6-14(19)10-15/h2-10H,11H2,1H3,(H,20,22). The Morgan fingerprint density at radius 3 is 2.70 bits per heavy atom. The number of halogens is 1. The largest absolute Gasteiger partial charge is 0.324 e. The number of nitrogens with one attached hydrogen (secondary N) is 1. The normalized spacial score (nSPS) is 10.7. The van der Waals surface area contributed by atoms with E-state index in [0.29, 0.717) is 16.3 Å². The first-order valence-electron chi connectivity index (χ1n) is 7.19. The van der Waals surface area contributed by atoms with Crippen molar-refractivity contribution in [3.05, 3.63) is 75.5 Å². The summed E-state index contributed by atoms with van der Waals surface area (Å²) in [6.07, 6.45) is 0. The van der Waals surface area contributed by atoms with Gasteiger partial charge in [0.05, 0.1) is 5.52 Å². The maximum absolute atomic E-state index is 12.4. The van der Waals surface area contributed by atoms with Gasteiger partial charge in [-0.2, -0.15) is 0 Å². The molecule has 1 aromatic heterocycles. The van der Waals surface area contributed by atoms with Gasteiger partial charge in [0, 0.05) is 16.3 Å². The number of carbonyl (C=O) groups is 1. The maximum Gasteiger partial charge on any atom is 0.254 e. The zero-order valence-electron chi connectivity index (χ0n) is 12.5. The molecular formula is C18H15ClN2O2. The first kappa shape index (κ1) is 15.3. The number of hydrogen-bond acceptors (Lipinski definition) is 2. The van der Waals surface area contributed by atoms with Crippen LogP contribution in [0.3, 0.4) is 0 Å². The van der Waals surface area contributed by atoms with Crippen LogP contribution in [-0.2, 0) is 11.3 Å². The molecule has 2 aromatic carbocycles. The number of carbonyl (C=O) groups excluding carboxylic acids is 1. The van der Waals surface area contributed by atoms with Crippen LogP contribution in [0.15, 0.2) is 59.4 Å². The van der Waals surface area contributed by atoms with Crippen LogP contribution < -0.4 is 10.9 Å². The lowest BCUT2D eigenvalue weighted by atomic mass is 10.1. The van der Waals surface area contributed by atoms with E-state index in [0.717, 1.165) is 10.9 Å². The van der Waals surface area contributed by atoms with E-state index in [1.165, 1.54) is 4.57 Å². The van der Waals surface area contributed by atoms with E-state index in [4.69, 9.17) is 11.6 Å². The Balaban J connectivity index is 1.93. The highest BCUT2D eigenvalue weighted by Crippen LogP contribution is 2.16. The summed E-state index contributed by atoms with van der Waals surface area (Å²) in [5, 5.41) is 4.23. The van der Waals surface area contributed by atoms with Crippen LogP contribution in [0.1, 0.15) is 5.56 Å². The Labute approximate surface area is 138 Å². The third-order valence-corrected chi connectivity index (χ3v) is 3.83. The molecular weight excluding hydrogens is 312 g/mol. The highest BCUT2D eigenvalue weighted by atomic mass is 35.5. The van der Waals surface area contributed by atoms with Crippen molar-refractivity contribution < 1.29 is 4.79 Å². The molecule has 3 aromatic rings. The van der Waals surface area contributed by atoms with Crippen molar-refractivity contribution in [2.24, 2.45) is 0 Å². The van der Waals surface area contributed by atoms with Gasteiger partial charge in [0.2, 0.25) is 5.91 Å². The first-order chi connectivity index (χ1) is 11.0. The molecule has 0 radical (unpaired) electrons. The number of hydrogen-bond donors (Lipinski definition) is 1. The van der Waals surface area contributed by atoms with Crippen molar-refractivity contribution in [2.75, 3.05) is 5.32 Å². The molecule has 0 fully saturated rings. The summed E-state index contributed by atoms with van der Waals surface area (Å²) in [5.41, 5.74) is 1.79. The van der Waals surface area contributed by atoms with Crippen molar-refractivity contribution in [1.29, 1.82) is 0 Å². The summed E-state index contributed by atoms with van der Waals surface area (Å²) in [4.78, 5) is 24.7. The van der Waals surface area contributed by atoms with E-state index in [1.807, 2.05) is 30.3 Å². The Morgan fingerprint density at radius 1 is 1.13 bits per heavy atom. The van der Waals surface area contributed by atoms with Gasteiger partial charge in [-0.3, -0.25) is 14.2 Å². The molecule has 0 aliphatic rings. The number of anilines is 1. The SMILES string of the molecule is Cc1cc2ccccc2n(CC(=O)Nc2cccc(Cl)c2)c1=O. The quantitative estimate of drug-likeness (QED) is 0.799. The fourth-order valence-electron chi connectivity index (χ4n) is 2.54. The lowest BCUT2D eigenvalue weighted by molar-refractivity contribution is -0.116. The minimum Gasteiger partial charge on any atom is -0.324 e. The Bertz CT molecular complexity index is 947. The summed E-state index contributed by atoms with van der Waals surface area (Å²) in [7, 11) is 0. The number of aromatic nitrogens is 1. The summed E-state index contributed by atoms with van der Waals surface area (Å²) in [6.45, 7) is 1.70. The Morgan fingerprint density at radius 2 is 1.91 bits per heavy atom. The van der Waals surface area contributed by atoms with Crippen LogP contribution in [0.5, 0.6) is 0 Å². The summed E-state index contributed by atoms with van der Waals surface area (Å²) in [6, 6.07) is 16.3. The van der Waals surface area contributed by atoms with E-state index in [1.54, 1.807) is 31.2 Å². The molecule has 116 valence electrons. The van der Waals surface area contributed by atoms with Gasteiger partial charge in [-0.05, 0) is 42.6 Å². The molecule has 0 atom stereocenters. The second kappa shape index (κ2) is 6.26. The molecule has 0 aliphatic heterocycles. The zero-order valence-corrected chi connectivity index (χ0v) is 13.3. The molecule has 1 N–H and O–H groups in total. The summed E-state index contributed by atoms with van der Waals surface area (Å²) >= 11 is 5.91. The topological polar surface area (TPSA) is 51.1 Å². The molecule has 3 rings (SSSR count). The van der Waals surface area contributed by atoms with Gasteiger partial charge in [0.1, 0.15) is 6.54 Å². The fraction of sp³-hybridized carbons (Fsp3) is 0.111. The van der Waals surface area contributed by atoms with Gasteiger partial charge < -0.3 is 5.32 Å². The molecule has 0 bridgehead atoms. The monoisotopic (exact) mass is 326 g/mol. The third kappa shape index (κ3) is 3.27. The number of pyridine rings is 1. The summed E-state index contributed by atoms with van der Waals surface area (Å²) < 4.78 is 1.49. The number of nitrogens with zero attached hydrogens (tertiary/aromatic N) is 1. The molecule has 0 saturated carbocycles. The van der Waals surface area contributed by atoms with Crippen molar-refractivity contribution in [2.45, 2.75) is 13.5 Å². The molecule has 0 unspecified atom stereocenters. The number of amides is 1. The molecule has 4 nitrogen and oxygen atoms in total. The number of rotatable bonds is 3. The van der Waals surface area contributed by atoms with Gasteiger partial charge in [0.15, 0.2) is 0 Å². The third-order valence-electron chi connectivity index (χ3n) is 3.59. The second-order valence-corrected chi connectivity index (χ2v) is 5.77. The lowest BCUT2D eigenvalue weighted by Crippen LogP contribution is -2.29. The molecule has 0 aliphatic carbocycles. The maximum atomic E-state index is 12.4. The highest BCUT2D eigenvalue weighted by molar-refractivity contribution is 6.30. The molecule has 1 amide bonds. The molecule has 0 spiro atoms. The van der Waals surface area contributed by atoms with Crippen LogP contribution in [0.2, 0.25) is 5.02 Å². The second-order valence-electron chi connectivity index (χ2n) is 5.34. The van der Waals surface area contributed by atoms with Crippen LogP contribution in [0.4, 0.5) is 5.69 Å². The highest BCUT2D eigenvalue weighted by Gasteiger charge is 2.10. The number of para-hydroxylation sites is 1. The predicted octanol–water partition coefficient (Wildman–Crippen LogP) is 3.60. The number of benzene rings is 2. The number of fused-ring (bicyclic) bond motifs is 1. The van der Waals surface area contributed by atoms with Crippen molar-refractivity contribution in [3.63, 3.8) is 0 Å². The Kier molecular flexibility index (Phi) is 4.17. The minimum atomic E-state index is -0.273. The van der Waals surface area contributed by atoms with Crippen LogP contribution in [0, 0.1) is 6.92 Å². The van der Waals surface area contributed by atoms with Crippen LogP contribution in [-0.4, -0.2) is 10.5 Å². The molecule has 0 saturated heterocycles. The average Bonchev–Trinajstić information content (AvgIpc) is 2.52. The Hall–Kier alpha value is -2.59. The van der Waals surface area contributed by atoms with E-state index in [9.17, 15) is 9.59 Å². The van der Waals surface area contributed by atoms with Gasteiger partial charge in [0.25, 0.3) is 5.56 Å². The van der Waals surface area contributed by atoms with E-state index in [-0.39, 0.29) is 18.0 Å². The minimum absolute atomic E-state index is 0.0481. The zero-order chi connectivity index (χ0) is 16.4. The van der Waals surface area contributed by atoms with Crippen LogP contribution in [0.25, 0.3) is 10.9 Å².